The van der Waals surface area contributed by atoms with Crippen LogP contribution in [-0.4, -0.2) is 98.5 Å². The number of halogens is 2. The Morgan fingerprint density at radius 3 is 2.28 bits per heavy atom. The predicted octanol–water partition coefficient (Wildman–Crippen LogP) is 5.91. The molecule has 0 saturated carbocycles. The lowest BCUT2D eigenvalue weighted by Gasteiger charge is -2.47. The van der Waals surface area contributed by atoms with E-state index in [1.807, 2.05) is 15.7 Å². The van der Waals surface area contributed by atoms with Crippen molar-refractivity contribution in [2.45, 2.75) is 70.6 Å². The molecule has 0 N–H and O–H groups in total. The molecule has 3 aromatic rings. The van der Waals surface area contributed by atoms with Crippen molar-refractivity contribution in [3.05, 3.63) is 88.0 Å². The molecule has 0 aliphatic carbocycles. The fourth-order valence-corrected chi connectivity index (χ4v) is 7.49. The number of amides is 2. The van der Waals surface area contributed by atoms with Gasteiger partial charge in [-0.1, -0.05) is 41.1 Å². The van der Waals surface area contributed by atoms with Gasteiger partial charge >= 0.3 is 0 Å². The summed E-state index contributed by atoms with van der Waals surface area (Å²) in [4.78, 5) is 32.9. The first-order valence-corrected chi connectivity index (χ1v) is 16.9. The van der Waals surface area contributed by atoms with Crippen LogP contribution in [0.1, 0.15) is 85.0 Å². The summed E-state index contributed by atoms with van der Waals surface area (Å²) >= 11 is 5.96. The Morgan fingerprint density at radius 2 is 1.62 bits per heavy atom. The number of hydrogen-bond acceptors (Lipinski definition) is 6. The number of hydrogen-bond donors (Lipinski definition) is 0. The topological polar surface area (TPSA) is 83.8 Å². The summed E-state index contributed by atoms with van der Waals surface area (Å²) in [7, 11) is 0. The molecule has 2 fully saturated rings. The Morgan fingerprint density at radius 1 is 0.957 bits per heavy atom. The third-order valence-electron chi connectivity index (χ3n) is 9.28. The molecule has 0 radical (unpaired) electrons. The molecule has 4 heterocycles. The highest BCUT2D eigenvalue weighted by Crippen LogP contribution is 2.30. The maximum absolute atomic E-state index is 14.5. The van der Waals surface area contributed by atoms with E-state index in [-0.39, 0.29) is 34.1 Å². The number of rotatable bonds is 7. The highest BCUT2D eigenvalue weighted by Gasteiger charge is 2.38. The summed E-state index contributed by atoms with van der Waals surface area (Å²) in [5.41, 5.74) is 2.89. The Labute approximate surface area is 281 Å². The number of nitrogens with zero attached hydrogens (tertiary/aromatic N) is 6. The molecule has 0 spiro atoms. The number of likely N-dealkylation sites (tertiary alicyclic amines) is 1. The van der Waals surface area contributed by atoms with Gasteiger partial charge in [0, 0.05) is 75.1 Å². The van der Waals surface area contributed by atoms with E-state index in [0.29, 0.717) is 49.3 Å². The lowest BCUT2D eigenvalue weighted by atomic mass is 9.98. The third kappa shape index (κ3) is 7.77. The standard InChI is InChI=1S/C36H44ClFN6O3/c1-35(2)23-41(24-36(3,4)47-35)16-13-28-22-44(40-39-28)29-14-19-43(20-15-29)34(46)27-8-5-7-26(21-27)33(45)42-17-11-25(12-18-42)30-9-6-10-31(37)32(30)38/h5-11,21-22,29H,12-20,23-24H2,1-4H3. The quantitative estimate of drug-likeness (QED) is 0.313. The molecule has 0 bridgehead atoms. The van der Waals surface area contributed by atoms with Crippen LogP contribution in [0.4, 0.5) is 4.39 Å². The van der Waals surface area contributed by atoms with E-state index in [4.69, 9.17) is 16.3 Å². The molecule has 2 saturated heterocycles. The molecule has 1 aromatic heterocycles. The molecule has 2 aromatic carbocycles. The van der Waals surface area contributed by atoms with Gasteiger partial charge in [-0.25, -0.2) is 9.07 Å². The van der Waals surface area contributed by atoms with Gasteiger partial charge in [-0.3, -0.25) is 14.5 Å². The minimum Gasteiger partial charge on any atom is -0.367 e. The number of ether oxygens (including phenoxy) is 1. The average molecular weight is 663 g/mol. The normalized spacial score (nSPS) is 20.3. The van der Waals surface area contributed by atoms with E-state index < -0.39 is 5.82 Å². The number of benzene rings is 2. The van der Waals surface area contributed by atoms with Gasteiger partial charge in [-0.05, 0) is 76.8 Å². The molecule has 9 nitrogen and oxygen atoms in total. The van der Waals surface area contributed by atoms with Crippen LogP contribution in [0.5, 0.6) is 0 Å². The molecule has 0 atom stereocenters. The summed E-state index contributed by atoms with van der Waals surface area (Å²) in [5, 5.41) is 8.99. The SMILES string of the molecule is CC1(C)CN(CCc2cn(C3CCN(C(=O)c4cccc(C(=O)N5CC=C(c6cccc(Cl)c6F)CC5)c4)CC3)nn2)CC(C)(C)O1. The first kappa shape index (κ1) is 33.3. The molecule has 0 unspecified atom stereocenters. The summed E-state index contributed by atoms with van der Waals surface area (Å²) in [6.45, 7) is 13.3. The second-order valence-electron chi connectivity index (χ2n) is 14.2. The minimum atomic E-state index is -0.436. The summed E-state index contributed by atoms with van der Waals surface area (Å²) < 4.78 is 22.7. The summed E-state index contributed by atoms with van der Waals surface area (Å²) in [6, 6.07) is 12.1. The summed E-state index contributed by atoms with van der Waals surface area (Å²) in [6.07, 6.45) is 6.85. The molecule has 11 heteroatoms. The fraction of sp³-hybridized carbons (Fsp3) is 0.500. The molecule has 6 rings (SSSR count). The van der Waals surface area contributed by atoms with Crippen molar-refractivity contribution in [1.82, 2.24) is 29.7 Å². The predicted molar refractivity (Wildman–Crippen MR) is 180 cm³/mol. The molecular weight excluding hydrogens is 619 g/mol. The number of morpholine rings is 1. The largest absolute Gasteiger partial charge is 0.367 e. The smallest absolute Gasteiger partial charge is 0.254 e. The maximum atomic E-state index is 14.5. The van der Waals surface area contributed by atoms with Crippen LogP contribution in [0.2, 0.25) is 5.02 Å². The van der Waals surface area contributed by atoms with Crippen molar-refractivity contribution in [2.75, 3.05) is 45.8 Å². The molecule has 250 valence electrons. The van der Waals surface area contributed by atoms with Crippen LogP contribution in [0, 0.1) is 5.82 Å². The van der Waals surface area contributed by atoms with E-state index in [9.17, 15) is 14.0 Å². The van der Waals surface area contributed by atoms with E-state index in [1.165, 1.54) is 6.07 Å². The average Bonchev–Trinajstić information content (AvgIpc) is 3.52. The highest BCUT2D eigenvalue weighted by molar-refractivity contribution is 6.30. The Bertz CT molecular complexity index is 1650. The summed E-state index contributed by atoms with van der Waals surface area (Å²) in [5.74, 6) is -0.663. The highest BCUT2D eigenvalue weighted by atomic mass is 35.5. The maximum Gasteiger partial charge on any atom is 0.254 e. The molecule has 3 aliphatic rings. The zero-order chi connectivity index (χ0) is 33.3. The van der Waals surface area contributed by atoms with E-state index in [0.717, 1.165) is 50.2 Å². The Balaban J connectivity index is 1.01. The zero-order valence-electron chi connectivity index (χ0n) is 27.7. The van der Waals surface area contributed by atoms with Crippen molar-refractivity contribution in [1.29, 1.82) is 0 Å². The second kappa shape index (κ2) is 13.5. The number of carbonyl (C=O) groups is 2. The van der Waals surface area contributed by atoms with Gasteiger partial charge in [0.2, 0.25) is 0 Å². The van der Waals surface area contributed by atoms with Gasteiger partial charge in [-0.2, -0.15) is 0 Å². The lowest BCUT2D eigenvalue weighted by Crippen LogP contribution is -2.57. The lowest BCUT2D eigenvalue weighted by molar-refractivity contribution is -0.180. The first-order chi connectivity index (χ1) is 22.4. The fourth-order valence-electron chi connectivity index (χ4n) is 7.32. The van der Waals surface area contributed by atoms with Crippen molar-refractivity contribution in [2.24, 2.45) is 0 Å². The minimum absolute atomic E-state index is 0.0778. The van der Waals surface area contributed by atoms with Crippen molar-refractivity contribution >= 4 is 29.0 Å². The van der Waals surface area contributed by atoms with Gasteiger partial charge in [0.1, 0.15) is 5.82 Å². The molecule has 3 aliphatic heterocycles. The van der Waals surface area contributed by atoms with E-state index in [1.54, 1.807) is 41.3 Å². The van der Waals surface area contributed by atoms with Crippen LogP contribution in [0.25, 0.3) is 5.57 Å². The Kier molecular flexibility index (Phi) is 9.56. The molecule has 47 heavy (non-hydrogen) atoms. The van der Waals surface area contributed by atoms with Gasteiger partial charge in [-0.15, -0.1) is 5.10 Å². The van der Waals surface area contributed by atoms with Gasteiger partial charge in [0.05, 0.1) is 28.0 Å². The van der Waals surface area contributed by atoms with Gasteiger partial charge in [0.25, 0.3) is 11.8 Å². The van der Waals surface area contributed by atoms with Crippen molar-refractivity contribution in [3.63, 3.8) is 0 Å². The van der Waals surface area contributed by atoms with Crippen LogP contribution < -0.4 is 0 Å². The van der Waals surface area contributed by atoms with E-state index >= 15 is 0 Å². The van der Waals surface area contributed by atoms with Gasteiger partial charge < -0.3 is 14.5 Å². The van der Waals surface area contributed by atoms with Crippen LogP contribution in [0.3, 0.4) is 0 Å². The number of piperidine rings is 1. The monoisotopic (exact) mass is 662 g/mol. The van der Waals surface area contributed by atoms with Crippen LogP contribution in [-0.2, 0) is 11.2 Å². The first-order valence-electron chi connectivity index (χ1n) is 16.5. The number of carbonyl (C=O) groups excluding carboxylic acids is 2. The molecular formula is C36H44ClFN6O3. The zero-order valence-corrected chi connectivity index (χ0v) is 28.5. The van der Waals surface area contributed by atoms with Gasteiger partial charge in [0.15, 0.2) is 0 Å². The Hall–Kier alpha value is -3.60. The number of aromatic nitrogens is 3. The van der Waals surface area contributed by atoms with Crippen molar-refractivity contribution < 1.29 is 18.7 Å². The second-order valence-corrected chi connectivity index (χ2v) is 14.6. The van der Waals surface area contributed by atoms with E-state index in [2.05, 4.69) is 49.1 Å². The third-order valence-corrected chi connectivity index (χ3v) is 9.57. The molecule has 2 amide bonds. The van der Waals surface area contributed by atoms with Crippen molar-refractivity contribution in [3.8, 4) is 0 Å². The van der Waals surface area contributed by atoms with Crippen LogP contribution in [0.15, 0.2) is 54.7 Å². The van der Waals surface area contributed by atoms with Crippen LogP contribution >= 0.6 is 11.6 Å².